The normalized spacial score (nSPS) is 10.4. The molecule has 0 heterocycles. The maximum atomic E-state index is 6.02. The highest BCUT2D eigenvalue weighted by molar-refractivity contribution is 6.30. The summed E-state index contributed by atoms with van der Waals surface area (Å²) < 4.78 is 0. The fourth-order valence-corrected chi connectivity index (χ4v) is 2.15. The maximum absolute atomic E-state index is 6.02. The molecule has 0 unspecified atom stereocenters. The summed E-state index contributed by atoms with van der Waals surface area (Å²) in [6.07, 6.45) is 0. The average molecular weight is 260 g/mol. The number of benzene rings is 2. The molecule has 0 radical (unpaired) electrons. The largest absolute Gasteiger partial charge is 0.381 e. The summed E-state index contributed by atoms with van der Waals surface area (Å²) >= 11 is 6.02. The van der Waals surface area contributed by atoms with Crippen LogP contribution in [-0.4, -0.2) is 0 Å². The SMILES string of the molecule is Cc1ccc(Cl)cc1NCc1cccc(C)c1C. The van der Waals surface area contributed by atoms with E-state index in [-0.39, 0.29) is 0 Å². The van der Waals surface area contributed by atoms with E-state index in [1.165, 1.54) is 22.3 Å². The molecule has 1 nitrogen and oxygen atoms in total. The second-order valence-electron chi connectivity index (χ2n) is 4.67. The number of halogens is 1. The minimum atomic E-state index is 0.768. The van der Waals surface area contributed by atoms with Crippen LogP contribution in [0.4, 0.5) is 5.69 Å². The Morgan fingerprint density at radius 3 is 2.56 bits per heavy atom. The molecule has 2 aromatic carbocycles. The van der Waals surface area contributed by atoms with E-state index in [1.54, 1.807) is 0 Å². The summed E-state index contributed by atoms with van der Waals surface area (Å²) in [7, 11) is 0. The van der Waals surface area contributed by atoms with Crippen molar-refractivity contribution in [3.05, 3.63) is 63.7 Å². The van der Waals surface area contributed by atoms with Gasteiger partial charge in [0.15, 0.2) is 0 Å². The van der Waals surface area contributed by atoms with Gasteiger partial charge in [-0.15, -0.1) is 0 Å². The second-order valence-corrected chi connectivity index (χ2v) is 5.11. The van der Waals surface area contributed by atoms with Gasteiger partial charge in [0.25, 0.3) is 0 Å². The van der Waals surface area contributed by atoms with Crippen molar-refractivity contribution in [2.45, 2.75) is 27.3 Å². The first-order chi connectivity index (χ1) is 8.58. The van der Waals surface area contributed by atoms with Crippen molar-refractivity contribution in [1.29, 1.82) is 0 Å². The molecule has 0 aliphatic heterocycles. The highest BCUT2D eigenvalue weighted by atomic mass is 35.5. The van der Waals surface area contributed by atoms with E-state index >= 15 is 0 Å². The summed E-state index contributed by atoms with van der Waals surface area (Å²) in [6.45, 7) is 7.22. The van der Waals surface area contributed by atoms with E-state index in [0.717, 1.165) is 17.3 Å². The molecule has 18 heavy (non-hydrogen) atoms. The Balaban J connectivity index is 2.16. The smallest absolute Gasteiger partial charge is 0.0426 e. The van der Waals surface area contributed by atoms with Gasteiger partial charge in [0.1, 0.15) is 0 Å². The Hall–Kier alpha value is -1.47. The van der Waals surface area contributed by atoms with Crippen LogP contribution in [0.25, 0.3) is 0 Å². The van der Waals surface area contributed by atoms with Gasteiger partial charge >= 0.3 is 0 Å². The molecule has 0 aromatic heterocycles. The predicted octanol–water partition coefficient (Wildman–Crippen LogP) is 4.88. The first-order valence-corrected chi connectivity index (χ1v) is 6.51. The third-order valence-corrected chi connectivity index (χ3v) is 3.62. The number of rotatable bonds is 3. The first kappa shape index (κ1) is 13.0. The van der Waals surface area contributed by atoms with E-state index in [0.29, 0.717) is 0 Å². The lowest BCUT2D eigenvalue weighted by atomic mass is 10.0. The molecule has 0 atom stereocenters. The minimum absolute atomic E-state index is 0.768. The molecule has 0 spiro atoms. The third-order valence-electron chi connectivity index (χ3n) is 3.39. The van der Waals surface area contributed by atoms with Gasteiger partial charge in [0.05, 0.1) is 0 Å². The summed E-state index contributed by atoms with van der Waals surface area (Å²) in [5.41, 5.74) is 6.32. The first-order valence-electron chi connectivity index (χ1n) is 6.13. The molecule has 0 aliphatic rings. The van der Waals surface area contributed by atoms with Crippen molar-refractivity contribution < 1.29 is 0 Å². The zero-order chi connectivity index (χ0) is 13.1. The van der Waals surface area contributed by atoms with Crippen LogP contribution >= 0.6 is 11.6 Å². The van der Waals surface area contributed by atoms with Crippen molar-refractivity contribution in [1.82, 2.24) is 0 Å². The van der Waals surface area contributed by atoms with Crippen LogP contribution in [0.2, 0.25) is 5.02 Å². The van der Waals surface area contributed by atoms with Crippen molar-refractivity contribution in [3.63, 3.8) is 0 Å². The predicted molar refractivity (Wildman–Crippen MR) is 79.4 cm³/mol. The molecule has 0 aliphatic carbocycles. The molecule has 0 saturated heterocycles. The van der Waals surface area contributed by atoms with Gasteiger partial charge in [-0.2, -0.15) is 0 Å². The van der Waals surface area contributed by atoms with Gasteiger partial charge in [-0.1, -0.05) is 35.9 Å². The standard InChI is InChI=1S/C16H18ClN/c1-11-5-4-6-14(13(11)3)10-18-16-9-15(17)8-7-12(16)2/h4-9,18H,10H2,1-3H3. The van der Waals surface area contributed by atoms with Gasteiger partial charge < -0.3 is 5.32 Å². The van der Waals surface area contributed by atoms with Crippen molar-refractivity contribution >= 4 is 17.3 Å². The third kappa shape index (κ3) is 2.85. The maximum Gasteiger partial charge on any atom is 0.0426 e. The van der Waals surface area contributed by atoms with Gasteiger partial charge in [-0.05, 0) is 55.2 Å². The van der Waals surface area contributed by atoms with Gasteiger partial charge in [0.2, 0.25) is 0 Å². The second kappa shape index (κ2) is 5.45. The Bertz CT molecular complexity index is 559. The van der Waals surface area contributed by atoms with Crippen LogP contribution in [-0.2, 0) is 6.54 Å². The minimum Gasteiger partial charge on any atom is -0.381 e. The van der Waals surface area contributed by atoms with Gasteiger partial charge in [0, 0.05) is 17.3 Å². The zero-order valence-electron chi connectivity index (χ0n) is 11.0. The van der Waals surface area contributed by atoms with Crippen LogP contribution in [0.15, 0.2) is 36.4 Å². The van der Waals surface area contributed by atoms with Crippen LogP contribution in [0.1, 0.15) is 22.3 Å². The number of aryl methyl sites for hydroxylation is 2. The molecule has 2 aromatic rings. The molecule has 0 fully saturated rings. The highest BCUT2D eigenvalue weighted by Gasteiger charge is 2.02. The van der Waals surface area contributed by atoms with Crippen LogP contribution in [0.3, 0.4) is 0 Å². The summed E-state index contributed by atoms with van der Waals surface area (Å²) in [5.74, 6) is 0. The lowest BCUT2D eigenvalue weighted by molar-refractivity contribution is 1.10. The van der Waals surface area contributed by atoms with E-state index in [1.807, 2.05) is 18.2 Å². The topological polar surface area (TPSA) is 12.0 Å². The molecule has 94 valence electrons. The van der Waals surface area contributed by atoms with Gasteiger partial charge in [-0.25, -0.2) is 0 Å². The van der Waals surface area contributed by atoms with Crippen molar-refractivity contribution in [2.75, 3.05) is 5.32 Å². The lowest BCUT2D eigenvalue weighted by Crippen LogP contribution is -2.03. The van der Waals surface area contributed by atoms with Crippen molar-refractivity contribution in [2.24, 2.45) is 0 Å². The van der Waals surface area contributed by atoms with E-state index in [4.69, 9.17) is 11.6 Å². The van der Waals surface area contributed by atoms with Crippen LogP contribution in [0, 0.1) is 20.8 Å². The molecule has 0 amide bonds. The summed E-state index contributed by atoms with van der Waals surface area (Å²) in [5, 5.41) is 4.22. The Labute approximate surface area is 114 Å². The lowest BCUT2D eigenvalue weighted by Gasteiger charge is -2.13. The molecular weight excluding hydrogens is 242 g/mol. The zero-order valence-corrected chi connectivity index (χ0v) is 11.8. The van der Waals surface area contributed by atoms with Crippen LogP contribution < -0.4 is 5.32 Å². The quantitative estimate of drug-likeness (QED) is 0.829. The fraction of sp³-hybridized carbons (Fsp3) is 0.250. The number of hydrogen-bond acceptors (Lipinski definition) is 1. The van der Waals surface area contributed by atoms with E-state index in [9.17, 15) is 0 Å². The average Bonchev–Trinajstić information content (AvgIpc) is 2.35. The molecular formula is C16H18ClN. The Morgan fingerprint density at radius 2 is 1.78 bits per heavy atom. The van der Waals surface area contributed by atoms with E-state index < -0.39 is 0 Å². The summed E-state index contributed by atoms with van der Waals surface area (Å²) in [6, 6.07) is 12.3. The Kier molecular flexibility index (Phi) is 3.93. The number of anilines is 1. The van der Waals surface area contributed by atoms with Gasteiger partial charge in [-0.3, -0.25) is 0 Å². The molecule has 2 rings (SSSR count). The highest BCUT2D eigenvalue weighted by Crippen LogP contribution is 2.21. The number of hydrogen-bond donors (Lipinski definition) is 1. The monoisotopic (exact) mass is 259 g/mol. The fourth-order valence-electron chi connectivity index (χ4n) is 1.98. The Morgan fingerprint density at radius 1 is 1.00 bits per heavy atom. The number of nitrogens with one attached hydrogen (secondary N) is 1. The molecule has 0 saturated carbocycles. The molecule has 0 bridgehead atoms. The van der Waals surface area contributed by atoms with E-state index in [2.05, 4.69) is 44.3 Å². The summed E-state index contributed by atoms with van der Waals surface area (Å²) in [4.78, 5) is 0. The van der Waals surface area contributed by atoms with Crippen molar-refractivity contribution in [3.8, 4) is 0 Å². The molecule has 1 N–H and O–H groups in total. The van der Waals surface area contributed by atoms with Crippen LogP contribution in [0.5, 0.6) is 0 Å². The molecule has 2 heteroatoms.